The van der Waals surface area contributed by atoms with Crippen LogP contribution in [0.5, 0.6) is 0 Å². The summed E-state index contributed by atoms with van der Waals surface area (Å²) < 4.78 is 11.0. The van der Waals surface area contributed by atoms with E-state index in [-0.39, 0.29) is 18.1 Å². The summed E-state index contributed by atoms with van der Waals surface area (Å²) in [6, 6.07) is 3.15. The van der Waals surface area contributed by atoms with E-state index in [2.05, 4.69) is 21.2 Å². The van der Waals surface area contributed by atoms with Gasteiger partial charge in [0.15, 0.2) is 6.10 Å². The first kappa shape index (κ1) is 15.0. The molecule has 20 heavy (non-hydrogen) atoms. The fourth-order valence-corrected chi connectivity index (χ4v) is 2.34. The molecule has 0 spiro atoms. The third-order valence-corrected chi connectivity index (χ3v) is 3.43. The highest BCUT2D eigenvalue weighted by molar-refractivity contribution is 9.10. The lowest BCUT2D eigenvalue weighted by atomic mass is 10.1. The van der Waals surface area contributed by atoms with Gasteiger partial charge >= 0.3 is 5.97 Å². The fraction of sp³-hybridized carbons (Fsp3) is 0.385. The number of hydrogen-bond donors (Lipinski definition) is 2. The minimum Gasteiger partial charge on any atom is -0.478 e. The number of carboxylic acid groups (broad SMARTS) is 1. The second-order valence-electron chi connectivity index (χ2n) is 4.35. The van der Waals surface area contributed by atoms with Gasteiger partial charge in [0.1, 0.15) is 0 Å². The Morgan fingerprint density at radius 2 is 2.15 bits per heavy atom. The van der Waals surface area contributed by atoms with Crippen LogP contribution in [0.1, 0.15) is 15.9 Å². The number of carbonyl (C=O) groups is 2. The summed E-state index contributed by atoms with van der Waals surface area (Å²) in [5.74, 6) is -1.39. The van der Waals surface area contributed by atoms with Gasteiger partial charge in [-0.25, -0.2) is 4.79 Å². The molecule has 0 saturated carbocycles. The lowest BCUT2D eigenvalue weighted by Crippen LogP contribution is -2.39. The molecule has 0 bridgehead atoms. The molecule has 1 heterocycles. The Morgan fingerprint density at radius 1 is 1.40 bits per heavy atom. The highest BCUT2D eigenvalue weighted by atomic mass is 79.9. The summed E-state index contributed by atoms with van der Waals surface area (Å²) in [7, 11) is 0. The Hall–Kier alpha value is -1.44. The molecule has 1 aromatic rings. The van der Waals surface area contributed by atoms with Gasteiger partial charge in [-0.15, -0.1) is 0 Å². The van der Waals surface area contributed by atoms with Gasteiger partial charge in [0.05, 0.1) is 25.4 Å². The molecule has 1 aromatic carbocycles. The van der Waals surface area contributed by atoms with Crippen molar-refractivity contribution in [3.8, 4) is 0 Å². The van der Waals surface area contributed by atoms with Gasteiger partial charge in [0, 0.05) is 10.2 Å². The molecule has 108 valence electrons. The zero-order valence-electron chi connectivity index (χ0n) is 10.8. The van der Waals surface area contributed by atoms with E-state index in [1.807, 2.05) is 0 Å². The summed E-state index contributed by atoms with van der Waals surface area (Å²) in [6.45, 7) is 2.69. The zero-order chi connectivity index (χ0) is 14.7. The Labute approximate surface area is 124 Å². The Kier molecular flexibility index (Phi) is 4.74. The molecule has 1 aliphatic heterocycles. The molecule has 0 aromatic heterocycles. The van der Waals surface area contributed by atoms with E-state index < -0.39 is 12.1 Å². The first-order valence-corrected chi connectivity index (χ1v) is 6.82. The second kappa shape index (κ2) is 6.34. The van der Waals surface area contributed by atoms with Crippen molar-refractivity contribution in [1.82, 2.24) is 0 Å². The minimum absolute atomic E-state index is 0.135. The van der Waals surface area contributed by atoms with Crippen LogP contribution in [0.3, 0.4) is 0 Å². The molecule has 1 saturated heterocycles. The van der Waals surface area contributed by atoms with Gasteiger partial charge in [0.2, 0.25) is 0 Å². The van der Waals surface area contributed by atoms with Gasteiger partial charge in [-0.05, 0) is 24.6 Å². The Bertz CT molecular complexity index is 540. The van der Waals surface area contributed by atoms with Gasteiger partial charge in [0.25, 0.3) is 5.91 Å². The average molecular weight is 344 g/mol. The van der Waals surface area contributed by atoms with Crippen LogP contribution in [0.15, 0.2) is 16.6 Å². The molecule has 2 rings (SSSR count). The maximum atomic E-state index is 12.0. The number of nitrogens with one attached hydrogen (secondary N) is 1. The number of anilines is 1. The number of amides is 1. The molecule has 2 N–H and O–H groups in total. The predicted octanol–water partition coefficient (Wildman–Crippen LogP) is 1.81. The van der Waals surface area contributed by atoms with E-state index in [1.54, 1.807) is 13.0 Å². The monoisotopic (exact) mass is 343 g/mol. The highest BCUT2D eigenvalue weighted by Crippen LogP contribution is 2.25. The number of hydrogen-bond acceptors (Lipinski definition) is 4. The van der Waals surface area contributed by atoms with Crippen LogP contribution in [0.4, 0.5) is 5.69 Å². The maximum Gasteiger partial charge on any atom is 0.336 e. The molecule has 0 radical (unpaired) electrons. The summed E-state index contributed by atoms with van der Waals surface area (Å²) >= 11 is 3.23. The van der Waals surface area contributed by atoms with Crippen LogP contribution in [-0.4, -0.2) is 42.9 Å². The third-order valence-electron chi connectivity index (χ3n) is 2.97. The number of ether oxygens (including phenoxy) is 2. The summed E-state index contributed by atoms with van der Waals surface area (Å²) in [5.41, 5.74) is 1.07. The average Bonchev–Trinajstić information content (AvgIpc) is 2.43. The van der Waals surface area contributed by atoms with Gasteiger partial charge < -0.3 is 19.9 Å². The van der Waals surface area contributed by atoms with E-state index in [4.69, 9.17) is 14.6 Å². The van der Waals surface area contributed by atoms with Crippen molar-refractivity contribution in [3.05, 3.63) is 27.7 Å². The lowest BCUT2D eigenvalue weighted by molar-refractivity contribution is -0.142. The number of rotatable bonds is 3. The molecule has 1 atom stereocenters. The molecule has 1 amide bonds. The van der Waals surface area contributed by atoms with E-state index in [1.165, 1.54) is 6.07 Å². The van der Waals surface area contributed by atoms with Crippen molar-refractivity contribution >= 4 is 33.5 Å². The fourth-order valence-electron chi connectivity index (χ4n) is 1.88. The molecule has 1 fully saturated rings. The number of aromatic carboxylic acids is 1. The quantitative estimate of drug-likeness (QED) is 0.874. The van der Waals surface area contributed by atoms with Crippen LogP contribution in [-0.2, 0) is 14.3 Å². The second-order valence-corrected chi connectivity index (χ2v) is 5.27. The summed E-state index contributed by atoms with van der Waals surface area (Å²) in [6.07, 6.45) is -0.671. The molecule has 0 unspecified atom stereocenters. The topological polar surface area (TPSA) is 84.9 Å². The number of halogens is 1. The maximum absolute atomic E-state index is 12.0. The summed E-state index contributed by atoms with van der Waals surface area (Å²) in [5, 5.41) is 11.8. The van der Waals surface area contributed by atoms with Crippen molar-refractivity contribution in [2.45, 2.75) is 13.0 Å². The van der Waals surface area contributed by atoms with Crippen molar-refractivity contribution in [3.63, 3.8) is 0 Å². The number of benzene rings is 1. The Balaban J connectivity index is 2.20. The Morgan fingerprint density at radius 3 is 2.75 bits per heavy atom. The van der Waals surface area contributed by atoms with Crippen molar-refractivity contribution < 1.29 is 24.2 Å². The molecule has 1 aliphatic rings. The molecular formula is C13H14BrNO5. The number of carbonyl (C=O) groups excluding carboxylic acids is 1. The largest absolute Gasteiger partial charge is 0.478 e. The molecule has 0 aliphatic carbocycles. The van der Waals surface area contributed by atoms with Gasteiger partial charge in [-0.1, -0.05) is 15.9 Å². The van der Waals surface area contributed by atoms with E-state index >= 15 is 0 Å². The first-order chi connectivity index (χ1) is 9.49. The lowest BCUT2D eigenvalue weighted by Gasteiger charge is -2.22. The zero-order valence-corrected chi connectivity index (χ0v) is 12.4. The van der Waals surface area contributed by atoms with Crippen LogP contribution in [0.25, 0.3) is 0 Å². The highest BCUT2D eigenvalue weighted by Gasteiger charge is 2.24. The van der Waals surface area contributed by atoms with Crippen LogP contribution in [0.2, 0.25) is 0 Å². The van der Waals surface area contributed by atoms with Gasteiger partial charge in [-0.2, -0.15) is 0 Å². The molecule has 6 nitrogen and oxygen atoms in total. The van der Waals surface area contributed by atoms with Crippen LogP contribution in [0, 0.1) is 6.92 Å². The van der Waals surface area contributed by atoms with Crippen LogP contribution < -0.4 is 5.32 Å². The van der Waals surface area contributed by atoms with E-state index in [0.29, 0.717) is 28.9 Å². The standard InChI is InChI=1S/C13H14BrNO5/c1-7-9(13(17)18)4-8(14)5-10(7)15-12(16)11-6-19-2-3-20-11/h4-5,11H,2-3,6H2,1H3,(H,15,16)(H,17,18)/t11-/m1/s1. The SMILES string of the molecule is Cc1c(NC(=O)[C@H]2COCCO2)cc(Br)cc1C(=O)O. The smallest absolute Gasteiger partial charge is 0.336 e. The van der Waals surface area contributed by atoms with E-state index in [9.17, 15) is 9.59 Å². The third kappa shape index (κ3) is 3.36. The van der Waals surface area contributed by atoms with Crippen molar-refractivity contribution in [1.29, 1.82) is 0 Å². The first-order valence-electron chi connectivity index (χ1n) is 6.02. The van der Waals surface area contributed by atoms with E-state index in [0.717, 1.165) is 0 Å². The van der Waals surface area contributed by atoms with Crippen molar-refractivity contribution in [2.24, 2.45) is 0 Å². The normalized spacial score (nSPS) is 18.6. The molecule has 7 heteroatoms. The number of carboxylic acids is 1. The van der Waals surface area contributed by atoms with Crippen LogP contribution >= 0.6 is 15.9 Å². The van der Waals surface area contributed by atoms with Crippen molar-refractivity contribution in [2.75, 3.05) is 25.1 Å². The predicted molar refractivity (Wildman–Crippen MR) is 75.0 cm³/mol. The minimum atomic E-state index is -1.04. The molecular weight excluding hydrogens is 330 g/mol. The van der Waals surface area contributed by atoms with Gasteiger partial charge in [-0.3, -0.25) is 4.79 Å². The summed E-state index contributed by atoms with van der Waals surface area (Å²) in [4.78, 5) is 23.2.